The molecule has 30 heavy (non-hydrogen) atoms. The van der Waals surface area contributed by atoms with Crippen molar-refractivity contribution >= 4 is 18.0 Å². The molecule has 0 aliphatic heterocycles. The van der Waals surface area contributed by atoms with Gasteiger partial charge in [-0.2, -0.15) is 13.2 Å². The molecule has 0 heterocycles. The number of carbonyl (C=O) groups is 2. The monoisotopic (exact) mass is 421 g/mol. The summed E-state index contributed by atoms with van der Waals surface area (Å²) in [5, 5.41) is 0. The fourth-order valence-corrected chi connectivity index (χ4v) is 2.17. The first-order chi connectivity index (χ1) is 14.3. The minimum atomic E-state index is -4.29. The van der Waals surface area contributed by atoms with Crippen LogP contribution >= 0.6 is 0 Å². The van der Waals surface area contributed by atoms with E-state index >= 15 is 0 Å². The van der Waals surface area contributed by atoms with Crippen molar-refractivity contribution in [2.45, 2.75) is 19.0 Å². The van der Waals surface area contributed by atoms with Crippen molar-refractivity contribution in [3.8, 4) is 11.5 Å². The second-order valence-electron chi connectivity index (χ2n) is 6.05. The molecule has 0 aliphatic rings. The molecule has 0 aliphatic carbocycles. The van der Waals surface area contributed by atoms with E-state index in [1.165, 1.54) is 30.3 Å². The van der Waals surface area contributed by atoms with E-state index in [4.69, 9.17) is 14.2 Å². The third kappa shape index (κ3) is 8.38. The predicted molar refractivity (Wildman–Crippen MR) is 104 cm³/mol. The third-order valence-electron chi connectivity index (χ3n) is 3.64. The maximum Gasteiger partial charge on any atom is 0.392 e. The Kier molecular flexibility index (Phi) is 8.46. The standard InChI is InChI=1S/C22H20F3O5/c1-2-14-29-20(26)12-5-16-3-8-19(9-4-16)30-21(27)17-6-10-18(11-7-17)28-15-13-22(23,24)25/h3-12H,1-2,13-15H2/b12-5+. The second-order valence-corrected chi connectivity index (χ2v) is 6.05. The van der Waals surface area contributed by atoms with Crippen LogP contribution in [0.4, 0.5) is 13.2 Å². The van der Waals surface area contributed by atoms with E-state index in [1.807, 2.05) is 0 Å². The summed E-state index contributed by atoms with van der Waals surface area (Å²) in [6.45, 7) is 3.32. The Bertz CT molecular complexity index is 856. The van der Waals surface area contributed by atoms with Crippen molar-refractivity contribution in [3.63, 3.8) is 0 Å². The van der Waals surface area contributed by atoms with Crippen molar-refractivity contribution in [2.24, 2.45) is 0 Å². The van der Waals surface area contributed by atoms with Gasteiger partial charge in [-0.1, -0.05) is 12.1 Å². The number of benzene rings is 2. The third-order valence-corrected chi connectivity index (χ3v) is 3.64. The lowest BCUT2D eigenvalue weighted by molar-refractivity contribution is -0.139. The van der Waals surface area contributed by atoms with Crippen molar-refractivity contribution in [3.05, 3.63) is 72.7 Å². The van der Waals surface area contributed by atoms with Gasteiger partial charge in [0.15, 0.2) is 0 Å². The molecular weight excluding hydrogens is 401 g/mol. The number of carbonyl (C=O) groups excluding carboxylic acids is 2. The fraction of sp³-hybridized carbons (Fsp3) is 0.227. The zero-order valence-electron chi connectivity index (χ0n) is 16.0. The van der Waals surface area contributed by atoms with Crippen LogP contribution in [0.2, 0.25) is 0 Å². The fourth-order valence-electron chi connectivity index (χ4n) is 2.17. The maximum atomic E-state index is 12.2. The highest BCUT2D eigenvalue weighted by molar-refractivity contribution is 5.91. The largest absolute Gasteiger partial charge is 0.493 e. The molecule has 0 atom stereocenters. The molecule has 0 N–H and O–H groups in total. The number of ether oxygens (including phenoxy) is 3. The summed E-state index contributed by atoms with van der Waals surface area (Å²) >= 11 is 0. The first-order valence-corrected chi connectivity index (χ1v) is 9.03. The zero-order valence-corrected chi connectivity index (χ0v) is 16.0. The van der Waals surface area contributed by atoms with Crippen LogP contribution in [0.1, 0.15) is 28.8 Å². The molecule has 8 heteroatoms. The van der Waals surface area contributed by atoms with E-state index < -0.39 is 31.1 Å². The van der Waals surface area contributed by atoms with Crippen molar-refractivity contribution in [2.75, 3.05) is 13.2 Å². The molecule has 2 aromatic rings. The minimum Gasteiger partial charge on any atom is -0.493 e. The van der Waals surface area contributed by atoms with Gasteiger partial charge in [-0.15, -0.1) is 0 Å². The van der Waals surface area contributed by atoms with E-state index in [0.717, 1.165) is 0 Å². The van der Waals surface area contributed by atoms with E-state index in [9.17, 15) is 22.8 Å². The highest BCUT2D eigenvalue weighted by Crippen LogP contribution is 2.21. The van der Waals surface area contributed by atoms with Crippen LogP contribution in [-0.4, -0.2) is 31.3 Å². The summed E-state index contributed by atoms with van der Waals surface area (Å²) in [5.74, 6) is -0.583. The van der Waals surface area contributed by atoms with E-state index in [2.05, 4.69) is 6.92 Å². The molecule has 0 bridgehead atoms. The molecular formula is C22H20F3O5. The van der Waals surface area contributed by atoms with Gasteiger partial charge in [0.25, 0.3) is 0 Å². The Hall–Kier alpha value is -3.29. The Labute approximate surface area is 172 Å². The van der Waals surface area contributed by atoms with Crippen LogP contribution in [0.3, 0.4) is 0 Å². The molecule has 2 aromatic carbocycles. The Morgan fingerprint density at radius 2 is 1.57 bits per heavy atom. The lowest BCUT2D eigenvalue weighted by Gasteiger charge is -2.09. The maximum absolute atomic E-state index is 12.2. The average molecular weight is 421 g/mol. The first-order valence-electron chi connectivity index (χ1n) is 9.03. The van der Waals surface area contributed by atoms with Crippen LogP contribution in [0.5, 0.6) is 11.5 Å². The molecule has 0 spiro atoms. The summed E-state index contributed by atoms with van der Waals surface area (Å²) in [7, 11) is 0. The lowest BCUT2D eigenvalue weighted by Crippen LogP contribution is -2.13. The molecule has 2 rings (SSSR count). The van der Waals surface area contributed by atoms with Crippen molar-refractivity contribution < 1.29 is 37.0 Å². The zero-order chi connectivity index (χ0) is 22.0. The summed E-state index contributed by atoms with van der Waals surface area (Å²) < 4.78 is 51.5. The van der Waals surface area contributed by atoms with Gasteiger partial charge >= 0.3 is 18.1 Å². The Morgan fingerprint density at radius 1 is 0.933 bits per heavy atom. The highest BCUT2D eigenvalue weighted by atomic mass is 19.4. The van der Waals surface area contributed by atoms with Gasteiger partial charge in [0, 0.05) is 6.08 Å². The first kappa shape index (κ1) is 23.0. The van der Waals surface area contributed by atoms with Crippen LogP contribution in [0.15, 0.2) is 54.6 Å². The molecule has 0 amide bonds. The van der Waals surface area contributed by atoms with E-state index in [1.54, 1.807) is 30.3 Å². The van der Waals surface area contributed by atoms with Crippen molar-refractivity contribution in [1.29, 1.82) is 0 Å². The Morgan fingerprint density at radius 3 is 2.17 bits per heavy atom. The number of hydrogen-bond donors (Lipinski definition) is 0. The van der Waals surface area contributed by atoms with Gasteiger partial charge < -0.3 is 14.2 Å². The molecule has 159 valence electrons. The second kappa shape index (κ2) is 11.0. The number of hydrogen-bond acceptors (Lipinski definition) is 5. The van der Waals surface area contributed by atoms with E-state index in [0.29, 0.717) is 17.7 Å². The SMILES string of the molecule is [CH2]CCOC(=O)/C=C/c1ccc(OC(=O)c2ccc(OCCC(F)(F)F)cc2)cc1. The highest BCUT2D eigenvalue weighted by Gasteiger charge is 2.26. The Balaban J connectivity index is 1.86. The molecule has 0 saturated heterocycles. The average Bonchev–Trinajstić information content (AvgIpc) is 2.71. The summed E-state index contributed by atoms with van der Waals surface area (Å²) in [6.07, 6.45) is -2.00. The molecule has 0 fully saturated rings. The molecule has 1 radical (unpaired) electrons. The number of esters is 2. The number of rotatable bonds is 9. The molecule has 0 saturated carbocycles. The van der Waals surface area contributed by atoms with Crippen LogP contribution in [-0.2, 0) is 9.53 Å². The molecule has 0 unspecified atom stereocenters. The van der Waals surface area contributed by atoms with Crippen LogP contribution < -0.4 is 9.47 Å². The molecule has 5 nitrogen and oxygen atoms in total. The lowest BCUT2D eigenvalue weighted by atomic mass is 10.2. The summed E-state index contributed by atoms with van der Waals surface area (Å²) in [4.78, 5) is 23.6. The normalized spacial score (nSPS) is 11.3. The smallest absolute Gasteiger partial charge is 0.392 e. The van der Waals surface area contributed by atoms with Gasteiger partial charge in [0.2, 0.25) is 0 Å². The van der Waals surface area contributed by atoms with E-state index in [-0.39, 0.29) is 17.9 Å². The summed E-state index contributed by atoms with van der Waals surface area (Å²) in [5.41, 5.74) is 0.928. The van der Waals surface area contributed by atoms with Crippen LogP contribution in [0, 0.1) is 6.92 Å². The minimum absolute atomic E-state index is 0.218. The van der Waals surface area contributed by atoms with Gasteiger partial charge in [-0.25, -0.2) is 9.59 Å². The number of alkyl halides is 3. The van der Waals surface area contributed by atoms with Gasteiger partial charge in [-0.3, -0.25) is 0 Å². The van der Waals surface area contributed by atoms with Gasteiger partial charge in [-0.05, 0) is 61.4 Å². The quantitative estimate of drug-likeness (QED) is 0.323. The van der Waals surface area contributed by atoms with Gasteiger partial charge in [0.1, 0.15) is 11.5 Å². The van der Waals surface area contributed by atoms with Gasteiger partial charge in [0.05, 0.1) is 25.2 Å². The molecule has 0 aromatic heterocycles. The number of halogens is 3. The van der Waals surface area contributed by atoms with Crippen molar-refractivity contribution in [1.82, 2.24) is 0 Å². The summed E-state index contributed by atoms with van der Waals surface area (Å²) in [6, 6.07) is 12.0. The predicted octanol–water partition coefficient (Wildman–Crippen LogP) is 5.02. The topological polar surface area (TPSA) is 61.8 Å². The van der Waals surface area contributed by atoms with Crippen LogP contribution in [0.25, 0.3) is 6.08 Å².